The van der Waals surface area contributed by atoms with Crippen molar-refractivity contribution in [2.45, 2.75) is 6.92 Å². The Balaban J connectivity index is 1.55. The van der Waals surface area contributed by atoms with Gasteiger partial charge < -0.3 is 20.5 Å². The van der Waals surface area contributed by atoms with Crippen molar-refractivity contribution in [1.82, 2.24) is 5.32 Å². The number of carbonyl (C=O) groups is 4. The predicted octanol–water partition coefficient (Wildman–Crippen LogP) is 5.33. The number of aromatic carboxylic acids is 1. The number of ketones is 1. The third-order valence-corrected chi connectivity index (χ3v) is 5.74. The van der Waals surface area contributed by atoms with E-state index in [0.29, 0.717) is 22.7 Å². The minimum absolute atomic E-state index is 0.107. The monoisotopic (exact) mass is 508 g/mol. The first-order valence-corrected chi connectivity index (χ1v) is 11.7. The standard InChI is InChI=1S/C30H24N2O6/c1-18-6-11-23(12-7-18)38-24-13-9-22(10-14-24)32-29(35)26-17-20(8-15-25(26)30(36)37)27(33)19-4-3-5-21(16-19)28(34)31-2/h3-17H,1-2H3,(H,31,34)(H,32,35)(H,36,37). The maximum atomic E-state index is 13.1. The minimum atomic E-state index is -1.31. The highest BCUT2D eigenvalue weighted by molar-refractivity contribution is 6.15. The average Bonchev–Trinajstić information content (AvgIpc) is 2.94. The lowest BCUT2D eigenvalue weighted by atomic mass is 9.96. The Morgan fingerprint density at radius 1 is 0.684 bits per heavy atom. The number of carboxylic acid groups (broad SMARTS) is 1. The number of ether oxygens (including phenoxy) is 1. The van der Waals surface area contributed by atoms with E-state index >= 15 is 0 Å². The summed E-state index contributed by atoms with van der Waals surface area (Å²) in [6.45, 7) is 1.98. The molecule has 0 spiro atoms. The van der Waals surface area contributed by atoms with Crippen LogP contribution >= 0.6 is 0 Å². The molecule has 0 atom stereocenters. The van der Waals surface area contributed by atoms with Crippen LogP contribution in [-0.2, 0) is 0 Å². The summed E-state index contributed by atoms with van der Waals surface area (Å²) in [5.74, 6) is -1.58. The molecule has 0 fully saturated rings. The van der Waals surface area contributed by atoms with Gasteiger partial charge in [0.05, 0.1) is 11.1 Å². The van der Waals surface area contributed by atoms with Gasteiger partial charge in [-0.1, -0.05) is 35.9 Å². The maximum absolute atomic E-state index is 13.1. The molecule has 0 saturated heterocycles. The van der Waals surface area contributed by atoms with Gasteiger partial charge in [0.25, 0.3) is 11.8 Å². The highest BCUT2D eigenvalue weighted by atomic mass is 16.5. The van der Waals surface area contributed by atoms with Crippen molar-refractivity contribution in [3.05, 3.63) is 124 Å². The van der Waals surface area contributed by atoms with Crippen molar-refractivity contribution in [3.8, 4) is 11.5 Å². The van der Waals surface area contributed by atoms with Crippen LogP contribution in [0.4, 0.5) is 5.69 Å². The Kier molecular flexibility index (Phi) is 7.63. The lowest BCUT2D eigenvalue weighted by molar-refractivity contribution is 0.0692. The summed E-state index contributed by atoms with van der Waals surface area (Å²) in [6.07, 6.45) is 0. The molecule has 38 heavy (non-hydrogen) atoms. The Bertz CT molecular complexity index is 1530. The van der Waals surface area contributed by atoms with E-state index < -0.39 is 17.7 Å². The van der Waals surface area contributed by atoms with Crippen LogP contribution in [0.15, 0.2) is 91.0 Å². The van der Waals surface area contributed by atoms with Gasteiger partial charge in [-0.05, 0) is 67.6 Å². The number of rotatable bonds is 8. The molecule has 0 bridgehead atoms. The topological polar surface area (TPSA) is 122 Å². The predicted molar refractivity (Wildman–Crippen MR) is 142 cm³/mol. The van der Waals surface area contributed by atoms with Gasteiger partial charge in [-0.15, -0.1) is 0 Å². The van der Waals surface area contributed by atoms with Crippen LogP contribution < -0.4 is 15.4 Å². The van der Waals surface area contributed by atoms with Crippen molar-refractivity contribution >= 4 is 29.3 Å². The van der Waals surface area contributed by atoms with E-state index in [1.807, 2.05) is 31.2 Å². The molecule has 0 radical (unpaired) electrons. The number of hydrogen-bond acceptors (Lipinski definition) is 5. The molecule has 0 saturated carbocycles. The average molecular weight is 509 g/mol. The zero-order valence-electron chi connectivity index (χ0n) is 20.6. The van der Waals surface area contributed by atoms with Crippen LogP contribution in [0.3, 0.4) is 0 Å². The third kappa shape index (κ3) is 5.93. The first-order chi connectivity index (χ1) is 18.2. The summed E-state index contributed by atoms with van der Waals surface area (Å²) < 4.78 is 5.79. The van der Waals surface area contributed by atoms with E-state index in [1.54, 1.807) is 42.5 Å². The van der Waals surface area contributed by atoms with Gasteiger partial charge >= 0.3 is 5.97 Å². The molecule has 3 N–H and O–H groups in total. The fourth-order valence-electron chi connectivity index (χ4n) is 3.72. The highest BCUT2D eigenvalue weighted by Crippen LogP contribution is 2.24. The van der Waals surface area contributed by atoms with Crippen molar-refractivity contribution < 1.29 is 29.0 Å². The lowest BCUT2D eigenvalue weighted by Crippen LogP contribution is -2.19. The van der Waals surface area contributed by atoms with Crippen LogP contribution in [0, 0.1) is 6.92 Å². The number of aryl methyl sites for hydroxylation is 1. The van der Waals surface area contributed by atoms with Gasteiger partial charge in [-0.25, -0.2) is 4.79 Å². The van der Waals surface area contributed by atoms with Crippen molar-refractivity contribution in [3.63, 3.8) is 0 Å². The van der Waals surface area contributed by atoms with Crippen molar-refractivity contribution in [1.29, 1.82) is 0 Å². The minimum Gasteiger partial charge on any atom is -0.478 e. The molecule has 4 rings (SSSR count). The second kappa shape index (κ2) is 11.2. The van der Waals surface area contributed by atoms with Crippen LogP contribution in [0.25, 0.3) is 0 Å². The summed E-state index contributed by atoms with van der Waals surface area (Å²) in [4.78, 5) is 49.9. The van der Waals surface area contributed by atoms with E-state index in [4.69, 9.17) is 4.74 Å². The number of hydrogen-bond donors (Lipinski definition) is 3. The summed E-state index contributed by atoms with van der Waals surface area (Å²) in [7, 11) is 1.48. The molecule has 2 amide bonds. The molecule has 0 heterocycles. The number of benzene rings is 4. The van der Waals surface area contributed by atoms with E-state index in [2.05, 4.69) is 10.6 Å². The largest absolute Gasteiger partial charge is 0.478 e. The van der Waals surface area contributed by atoms with Crippen LogP contribution in [-0.4, -0.2) is 35.7 Å². The van der Waals surface area contributed by atoms with Gasteiger partial charge in [0.15, 0.2) is 5.78 Å². The summed E-state index contributed by atoms with van der Waals surface area (Å²) >= 11 is 0. The van der Waals surface area contributed by atoms with Gasteiger partial charge in [0.1, 0.15) is 11.5 Å². The fourth-order valence-corrected chi connectivity index (χ4v) is 3.72. The van der Waals surface area contributed by atoms with E-state index in [-0.39, 0.29) is 28.2 Å². The summed E-state index contributed by atoms with van der Waals surface area (Å²) in [6, 6.07) is 24.1. The smallest absolute Gasteiger partial charge is 0.336 e. The van der Waals surface area contributed by atoms with Crippen LogP contribution in [0.1, 0.15) is 52.6 Å². The molecular formula is C30H24N2O6. The molecular weight excluding hydrogens is 484 g/mol. The summed E-state index contributed by atoms with van der Waals surface area (Å²) in [5.41, 5.74) is 1.73. The van der Waals surface area contributed by atoms with Gasteiger partial charge in [0, 0.05) is 29.4 Å². The zero-order chi connectivity index (χ0) is 27.2. The first-order valence-electron chi connectivity index (χ1n) is 11.7. The molecule has 4 aromatic carbocycles. The van der Waals surface area contributed by atoms with E-state index in [9.17, 15) is 24.3 Å². The SMILES string of the molecule is CNC(=O)c1cccc(C(=O)c2ccc(C(=O)O)c(C(=O)Nc3ccc(Oc4ccc(C)cc4)cc3)c2)c1. The second-order valence-corrected chi connectivity index (χ2v) is 8.45. The molecule has 0 aromatic heterocycles. The Morgan fingerprint density at radius 3 is 1.92 bits per heavy atom. The molecule has 0 aliphatic carbocycles. The Hall–Kier alpha value is -5.24. The van der Waals surface area contributed by atoms with E-state index in [1.165, 1.54) is 31.3 Å². The normalized spacial score (nSPS) is 10.4. The quantitative estimate of drug-likeness (QED) is 0.277. The van der Waals surface area contributed by atoms with Crippen molar-refractivity contribution in [2.24, 2.45) is 0 Å². The summed E-state index contributed by atoms with van der Waals surface area (Å²) in [5, 5.41) is 14.8. The number of nitrogens with one attached hydrogen (secondary N) is 2. The van der Waals surface area contributed by atoms with Crippen LogP contribution in [0.2, 0.25) is 0 Å². The Morgan fingerprint density at radius 2 is 1.29 bits per heavy atom. The van der Waals surface area contributed by atoms with E-state index in [0.717, 1.165) is 5.56 Å². The van der Waals surface area contributed by atoms with Crippen molar-refractivity contribution in [2.75, 3.05) is 12.4 Å². The van der Waals surface area contributed by atoms with Gasteiger partial charge in [0.2, 0.25) is 0 Å². The molecule has 8 heteroatoms. The van der Waals surface area contributed by atoms with Crippen LogP contribution in [0.5, 0.6) is 11.5 Å². The Labute approximate surface area is 218 Å². The first kappa shape index (κ1) is 25.8. The van der Waals surface area contributed by atoms with Gasteiger partial charge in [-0.3, -0.25) is 14.4 Å². The molecule has 4 aromatic rings. The number of carbonyl (C=O) groups excluding carboxylic acids is 3. The fraction of sp³-hybridized carbons (Fsp3) is 0.0667. The molecule has 190 valence electrons. The number of carboxylic acids is 1. The van der Waals surface area contributed by atoms with Gasteiger partial charge in [-0.2, -0.15) is 0 Å². The number of anilines is 1. The lowest BCUT2D eigenvalue weighted by Gasteiger charge is -2.11. The number of amides is 2. The molecule has 0 aliphatic rings. The zero-order valence-corrected chi connectivity index (χ0v) is 20.6. The highest BCUT2D eigenvalue weighted by Gasteiger charge is 2.21. The maximum Gasteiger partial charge on any atom is 0.336 e. The second-order valence-electron chi connectivity index (χ2n) is 8.45. The molecule has 0 unspecified atom stereocenters. The molecule has 8 nitrogen and oxygen atoms in total. The molecule has 0 aliphatic heterocycles. The third-order valence-electron chi connectivity index (χ3n) is 5.74.